The van der Waals surface area contributed by atoms with Gasteiger partial charge in [-0.2, -0.15) is 5.10 Å². The fourth-order valence-electron chi connectivity index (χ4n) is 2.80. The zero-order chi connectivity index (χ0) is 18.0. The van der Waals surface area contributed by atoms with Gasteiger partial charge in [-0.1, -0.05) is 6.07 Å². The Bertz CT molecular complexity index is 891. The normalized spacial score (nSPS) is 12.3. The summed E-state index contributed by atoms with van der Waals surface area (Å²) in [5.41, 5.74) is 3.54. The number of methoxy groups -OCH3 is 1. The molecule has 7 nitrogen and oxygen atoms in total. The van der Waals surface area contributed by atoms with Crippen LogP contribution in [0.25, 0.3) is 5.65 Å². The summed E-state index contributed by atoms with van der Waals surface area (Å²) < 4.78 is 7.03. The van der Waals surface area contributed by atoms with E-state index < -0.39 is 0 Å². The standard InChI is InChI=1S/C18H21N5O2/c1-12-9-17-20-15(10-13(2)23(17)21-12)18(24)22(3)16(11-25-4)14-7-5-6-8-19-14/h5-10,16H,11H2,1-4H3/t16-/m1/s1. The second-order valence-corrected chi connectivity index (χ2v) is 5.98. The van der Waals surface area contributed by atoms with Crippen LogP contribution in [-0.2, 0) is 4.74 Å². The van der Waals surface area contributed by atoms with E-state index in [0.717, 1.165) is 17.1 Å². The number of fused-ring (bicyclic) bond motifs is 1. The summed E-state index contributed by atoms with van der Waals surface area (Å²) >= 11 is 0. The average Bonchev–Trinajstić information content (AvgIpc) is 3.00. The van der Waals surface area contributed by atoms with E-state index in [1.165, 1.54) is 0 Å². The molecule has 0 unspecified atom stereocenters. The van der Waals surface area contributed by atoms with E-state index in [1.807, 2.05) is 38.1 Å². The molecule has 25 heavy (non-hydrogen) atoms. The fraction of sp³-hybridized carbons (Fsp3) is 0.333. The molecule has 130 valence electrons. The number of likely N-dealkylation sites (N-methyl/N-ethyl adjacent to an activating group) is 1. The van der Waals surface area contributed by atoms with Gasteiger partial charge in [-0.15, -0.1) is 0 Å². The Morgan fingerprint density at radius 1 is 1.32 bits per heavy atom. The summed E-state index contributed by atoms with van der Waals surface area (Å²) in [7, 11) is 3.35. The first-order chi connectivity index (χ1) is 12.0. The first-order valence-corrected chi connectivity index (χ1v) is 8.02. The minimum Gasteiger partial charge on any atom is -0.382 e. The second-order valence-electron chi connectivity index (χ2n) is 5.98. The van der Waals surface area contributed by atoms with Gasteiger partial charge >= 0.3 is 0 Å². The molecule has 0 aliphatic carbocycles. The van der Waals surface area contributed by atoms with E-state index in [0.29, 0.717) is 17.9 Å². The Morgan fingerprint density at radius 3 is 2.80 bits per heavy atom. The number of carbonyl (C=O) groups is 1. The molecule has 0 fully saturated rings. The lowest BCUT2D eigenvalue weighted by Gasteiger charge is -2.27. The molecule has 0 aromatic carbocycles. The number of aryl methyl sites for hydroxylation is 2. The monoisotopic (exact) mass is 339 g/mol. The highest BCUT2D eigenvalue weighted by atomic mass is 16.5. The van der Waals surface area contributed by atoms with Crippen LogP contribution in [0.15, 0.2) is 36.5 Å². The Kier molecular flexibility index (Phi) is 4.76. The van der Waals surface area contributed by atoms with Gasteiger partial charge in [-0.05, 0) is 32.0 Å². The van der Waals surface area contributed by atoms with Gasteiger partial charge in [-0.25, -0.2) is 9.50 Å². The van der Waals surface area contributed by atoms with Gasteiger partial charge in [0.05, 0.1) is 24.0 Å². The zero-order valence-corrected chi connectivity index (χ0v) is 14.8. The molecule has 7 heteroatoms. The first-order valence-electron chi connectivity index (χ1n) is 8.02. The van der Waals surface area contributed by atoms with Crippen LogP contribution in [0.2, 0.25) is 0 Å². The van der Waals surface area contributed by atoms with Crippen LogP contribution >= 0.6 is 0 Å². The molecule has 0 bridgehead atoms. The third-order valence-electron chi connectivity index (χ3n) is 4.09. The molecule has 0 radical (unpaired) electrons. The topological polar surface area (TPSA) is 72.6 Å². The van der Waals surface area contributed by atoms with Crippen molar-refractivity contribution in [3.63, 3.8) is 0 Å². The van der Waals surface area contributed by atoms with Crippen molar-refractivity contribution in [3.05, 3.63) is 59.3 Å². The summed E-state index contributed by atoms with van der Waals surface area (Å²) in [6.45, 7) is 4.16. The Hall–Kier alpha value is -2.80. The third kappa shape index (κ3) is 3.36. The Balaban J connectivity index is 1.95. The molecule has 3 heterocycles. The SMILES string of the molecule is COC[C@H](c1ccccn1)N(C)C(=O)c1cc(C)n2nc(C)cc2n1. The van der Waals surface area contributed by atoms with Gasteiger partial charge in [0.25, 0.3) is 5.91 Å². The van der Waals surface area contributed by atoms with Crippen molar-refractivity contribution in [1.29, 1.82) is 0 Å². The van der Waals surface area contributed by atoms with E-state index in [2.05, 4.69) is 15.1 Å². The van der Waals surface area contributed by atoms with Crippen molar-refractivity contribution in [2.24, 2.45) is 0 Å². The maximum Gasteiger partial charge on any atom is 0.272 e. The first kappa shape index (κ1) is 17.0. The number of aromatic nitrogens is 4. The highest BCUT2D eigenvalue weighted by Crippen LogP contribution is 2.20. The minimum absolute atomic E-state index is 0.183. The van der Waals surface area contributed by atoms with Crippen molar-refractivity contribution in [1.82, 2.24) is 24.5 Å². The molecule has 0 aliphatic heterocycles. The maximum atomic E-state index is 13.0. The number of pyridine rings is 1. The van der Waals surface area contributed by atoms with Gasteiger partial charge < -0.3 is 9.64 Å². The largest absolute Gasteiger partial charge is 0.382 e. The molecular weight excluding hydrogens is 318 g/mol. The Morgan fingerprint density at radius 2 is 2.12 bits per heavy atom. The van der Waals surface area contributed by atoms with Crippen molar-refractivity contribution < 1.29 is 9.53 Å². The van der Waals surface area contributed by atoms with Gasteiger partial charge in [0, 0.05) is 32.1 Å². The van der Waals surface area contributed by atoms with Gasteiger partial charge in [0.2, 0.25) is 0 Å². The number of amides is 1. The summed E-state index contributed by atoms with van der Waals surface area (Å²) in [4.78, 5) is 23.4. The number of ether oxygens (including phenoxy) is 1. The van der Waals surface area contributed by atoms with E-state index in [1.54, 1.807) is 35.8 Å². The molecule has 1 amide bonds. The fourth-order valence-corrected chi connectivity index (χ4v) is 2.80. The van der Waals surface area contributed by atoms with Gasteiger partial charge in [-0.3, -0.25) is 9.78 Å². The number of carbonyl (C=O) groups excluding carboxylic acids is 1. The van der Waals surface area contributed by atoms with Crippen LogP contribution in [0.3, 0.4) is 0 Å². The maximum absolute atomic E-state index is 13.0. The zero-order valence-electron chi connectivity index (χ0n) is 14.8. The lowest BCUT2D eigenvalue weighted by Crippen LogP contribution is -2.35. The van der Waals surface area contributed by atoms with Crippen LogP contribution in [0.1, 0.15) is 33.6 Å². The third-order valence-corrected chi connectivity index (χ3v) is 4.09. The molecule has 0 saturated heterocycles. The predicted molar refractivity (Wildman–Crippen MR) is 93.4 cm³/mol. The second kappa shape index (κ2) is 6.98. The summed E-state index contributed by atoms with van der Waals surface area (Å²) in [6.07, 6.45) is 1.71. The van der Waals surface area contributed by atoms with Crippen molar-refractivity contribution in [3.8, 4) is 0 Å². The van der Waals surface area contributed by atoms with Crippen LogP contribution in [0, 0.1) is 13.8 Å². The number of hydrogen-bond donors (Lipinski definition) is 0. The van der Waals surface area contributed by atoms with Gasteiger partial charge in [0.1, 0.15) is 5.69 Å². The van der Waals surface area contributed by atoms with E-state index in [-0.39, 0.29) is 11.9 Å². The lowest BCUT2D eigenvalue weighted by molar-refractivity contribution is 0.0589. The number of nitrogens with zero attached hydrogens (tertiary/aromatic N) is 5. The van der Waals surface area contributed by atoms with E-state index in [9.17, 15) is 4.79 Å². The lowest BCUT2D eigenvalue weighted by atomic mass is 10.1. The summed E-state index contributed by atoms with van der Waals surface area (Å²) in [5.74, 6) is -0.183. The number of rotatable bonds is 5. The van der Waals surface area contributed by atoms with E-state index in [4.69, 9.17) is 4.74 Å². The molecule has 0 spiro atoms. The highest BCUT2D eigenvalue weighted by Gasteiger charge is 2.25. The van der Waals surface area contributed by atoms with Crippen molar-refractivity contribution >= 4 is 11.6 Å². The van der Waals surface area contributed by atoms with Crippen molar-refractivity contribution in [2.45, 2.75) is 19.9 Å². The quantitative estimate of drug-likeness (QED) is 0.712. The van der Waals surface area contributed by atoms with Crippen LogP contribution in [-0.4, -0.2) is 51.2 Å². The predicted octanol–water partition coefficient (Wildman–Crippen LogP) is 2.20. The van der Waals surface area contributed by atoms with Crippen LogP contribution < -0.4 is 0 Å². The molecule has 0 saturated carbocycles. The molecule has 0 aliphatic rings. The molecular formula is C18H21N5O2. The van der Waals surface area contributed by atoms with Crippen molar-refractivity contribution in [2.75, 3.05) is 20.8 Å². The molecule has 3 rings (SSSR count). The van der Waals surface area contributed by atoms with Crippen LogP contribution in [0.4, 0.5) is 0 Å². The highest BCUT2D eigenvalue weighted by molar-refractivity contribution is 5.93. The average molecular weight is 339 g/mol. The summed E-state index contributed by atoms with van der Waals surface area (Å²) in [5, 5.41) is 4.37. The summed E-state index contributed by atoms with van der Waals surface area (Å²) in [6, 6.07) is 8.94. The molecule has 3 aromatic rings. The molecule has 3 aromatic heterocycles. The van der Waals surface area contributed by atoms with Gasteiger partial charge in [0.15, 0.2) is 5.65 Å². The molecule has 1 atom stereocenters. The van der Waals surface area contributed by atoms with E-state index >= 15 is 0 Å². The smallest absolute Gasteiger partial charge is 0.272 e. The van der Waals surface area contributed by atoms with Crippen LogP contribution in [0.5, 0.6) is 0 Å². The molecule has 0 N–H and O–H groups in total. The Labute approximate surface area is 146 Å². The minimum atomic E-state index is -0.288. The number of hydrogen-bond acceptors (Lipinski definition) is 5.